The molecule has 0 aliphatic rings. The van der Waals surface area contributed by atoms with Crippen molar-refractivity contribution in [2.45, 2.75) is 12.6 Å². The standard InChI is InChI=1S/C15H9BrF4O/c16-11-4-1-9(2-5-11)7-14(21)10-3-6-12(13(17)8-10)15(18,19)20/h1-6,8H,7H2. The van der Waals surface area contributed by atoms with E-state index >= 15 is 0 Å². The topological polar surface area (TPSA) is 17.1 Å². The third-order valence-electron chi connectivity index (χ3n) is 2.87. The van der Waals surface area contributed by atoms with E-state index in [2.05, 4.69) is 15.9 Å². The first-order valence-corrected chi connectivity index (χ1v) is 6.71. The molecule has 0 N–H and O–H groups in total. The van der Waals surface area contributed by atoms with Crippen LogP contribution in [0.25, 0.3) is 0 Å². The maximum Gasteiger partial charge on any atom is 0.419 e. The van der Waals surface area contributed by atoms with Crippen LogP contribution in [0.3, 0.4) is 0 Å². The van der Waals surface area contributed by atoms with Gasteiger partial charge in [0.25, 0.3) is 0 Å². The summed E-state index contributed by atoms with van der Waals surface area (Å²) >= 11 is 3.25. The number of carbonyl (C=O) groups is 1. The Hall–Kier alpha value is -1.69. The summed E-state index contributed by atoms with van der Waals surface area (Å²) in [6, 6.07) is 9.12. The molecule has 0 aliphatic carbocycles. The molecule has 0 aromatic heterocycles. The van der Waals surface area contributed by atoms with Crippen LogP contribution >= 0.6 is 15.9 Å². The zero-order chi connectivity index (χ0) is 15.6. The highest BCUT2D eigenvalue weighted by Gasteiger charge is 2.34. The van der Waals surface area contributed by atoms with E-state index in [1.54, 1.807) is 24.3 Å². The van der Waals surface area contributed by atoms with Crippen LogP contribution in [0.2, 0.25) is 0 Å². The maximum absolute atomic E-state index is 13.4. The van der Waals surface area contributed by atoms with Crippen molar-refractivity contribution in [1.82, 2.24) is 0 Å². The molecule has 21 heavy (non-hydrogen) atoms. The van der Waals surface area contributed by atoms with Gasteiger partial charge in [-0.1, -0.05) is 34.1 Å². The number of carbonyl (C=O) groups excluding carboxylic acids is 1. The number of benzene rings is 2. The zero-order valence-electron chi connectivity index (χ0n) is 10.5. The predicted octanol–water partition coefficient (Wildman–Crippen LogP) is 5.03. The fraction of sp³-hybridized carbons (Fsp3) is 0.133. The van der Waals surface area contributed by atoms with Crippen LogP contribution in [0.4, 0.5) is 17.6 Å². The highest BCUT2D eigenvalue weighted by molar-refractivity contribution is 9.10. The van der Waals surface area contributed by atoms with Crippen LogP contribution in [-0.4, -0.2) is 5.78 Å². The van der Waals surface area contributed by atoms with Crippen molar-refractivity contribution < 1.29 is 22.4 Å². The van der Waals surface area contributed by atoms with Crippen molar-refractivity contribution in [3.05, 3.63) is 69.4 Å². The second-order valence-corrected chi connectivity index (χ2v) is 5.33. The lowest BCUT2D eigenvalue weighted by Crippen LogP contribution is -2.10. The van der Waals surface area contributed by atoms with E-state index in [9.17, 15) is 22.4 Å². The number of rotatable bonds is 3. The minimum absolute atomic E-state index is 0.00190. The summed E-state index contributed by atoms with van der Waals surface area (Å²) in [5, 5.41) is 0. The van der Waals surface area contributed by atoms with E-state index in [4.69, 9.17) is 0 Å². The van der Waals surface area contributed by atoms with Gasteiger partial charge in [0.2, 0.25) is 0 Å². The monoisotopic (exact) mass is 360 g/mol. The van der Waals surface area contributed by atoms with Crippen LogP contribution < -0.4 is 0 Å². The third-order valence-corrected chi connectivity index (χ3v) is 3.40. The summed E-state index contributed by atoms with van der Waals surface area (Å²) in [6.07, 6.45) is -4.77. The second kappa shape index (κ2) is 5.97. The highest BCUT2D eigenvalue weighted by atomic mass is 79.9. The molecule has 2 rings (SSSR count). The lowest BCUT2D eigenvalue weighted by Gasteiger charge is -2.09. The zero-order valence-corrected chi connectivity index (χ0v) is 12.1. The Morgan fingerprint density at radius 1 is 1.05 bits per heavy atom. The predicted molar refractivity (Wildman–Crippen MR) is 73.6 cm³/mol. The molecule has 2 aromatic rings. The minimum Gasteiger partial charge on any atom is -0.294 e. The summed E-state index contributed by atoms with van der Waals surface area (Å²) in [7, 11) is 0. The van der Waals surface area contributed by atoms with Crippen molar-refractivity contribution in [2.75, 3.05) is 0 Å². The minimum atomic E-state index is -4.77. The first-order valence-electron chi connectivity index (χ1n) is 5.92. The van der Waals surface area contributed by atoms with Gasteiger partial charge in [0.1, 0.15) is 5.82 Å². The summed E-state index contributed by atoms with van der Waals surface area (Å²) in [5.41, 5.74) is -0.755. The Kier molecular flexibility index (Phi) is 4.46. The molecule has 0 saturated carbocycles. The molecule has 0 saturated heterocycles. The molecule has 0 atom stereocenters. The lowest BCUT2D eigenvalue weighted by molar-refractivity contribution is -0.140. The van der Waals surface area contributed by atoms with E-state index < -0.39 is 23.3 Å². The Labute approximate surface area is 126 Å². The normalized spacial score (nSPS) is 11.5. The van der Waals surface area contributed by atoms with Gasteiger partial charge in [-0.15, -0.1) is 0 Å². The maximum atomic E-state index is 13.4. The number of ketones is 1. The van der Waals surface area contributed by atoms with Gasteiger partial charge in [0.15, 0.2) is 5.78 Å². The second-order valence-electron chi connectivity index (χ2n) is 4.42. The van der Waals surface area contributed by atoms with Crippen LogP contribution in [0.1, 0.15) is 21.5 Å². The summed E-state index contributed by atoms with van der Waals surface area (Å²) in [5.74, 6) is -1.88. The fourth-order valence-electron chi connectivity index (χ4n) is 1.81. The quantitative estimate of drug-likeness (QED) is 0.554. The van der Waals surface area contributed by atoms with Gasteiger partial charge >= 0.3 is 6.18 Å². The third kappa shape index (κ3) is 3.91. The van der Waals surface area contributed by atoms with Gasteiger partial charge in [-0.25, -0.2) is 4.39 Å². The van der Waals surface area contributed by atoms with Crippen LogP contribution in [0.15, 0.2) is 46.9 Å². The van der Waals surface area contributed by atoms with Gasteiger partial charge in [0.05, 0.1) is 5.56 Å². The SMILES string of the molecule is O=C(Cc1ccc(Br)cc1)c1ccc(C(F)(F)F)c(F)c1. The van der Waals surface area contributed by atoms with E-state index in [1.165, 1.54) is 0 Å². The number of Topliss-reactive ketones (excluding diaryl/α,β-unsaturated/α-hetero) is 1. The molecule has 0 amide bonds. The van der Waals surface area contributed by atoms with Gasteiger partial charge in [-0.05, 0) is 29.8 Å². The fourth-order valence-corrected chi connectivity index (χ4v) is 2.07. The van der Waals surface area contributed by atoms with Crippen molar-refractivity contribution >= 4 is 21.7 Å². The Balaban J connectivity index is 2.20. The molecule has 6 heteroatoms. The Morgan fingerprint density at radius 3 is 2.19 bits per heavy atom. The Bertz CT molecular complexity index is 662. The lowest BCUT2D eigenvalue weighted by atomic mass is 10.0. The molecule has 0 fully saturated rings. The van der Waals surface area contributed by atoms with Gasteiger partial charge in [-0.2, -0.15) is 13.2 Å². The number of halogens is 5. The van der Waals surface area contributed by atoms with Crippen LogP contribution in [-0.2, 0) is 12.6 Å². The molecule has 0 aliphatic heterocycles. The molecule has 0 heterocycles. The van der Waals surface area contributed by atoms with Crippen LogP contribution in [0, 0.1) is 5.82 Å². The summed E-state index contributed by atoms with van der Waals surface area (Å²) < 4.78 is 51.6. The molecule has 2 aromatic carbocycles. The highest BCUT2D eigenvalue weighted by Crippen LogP contribution is 2.31. The van der Waals surface area contributed by atoms with Crippen molar-refractivity contribution in [2.24, 2.45) is 0 Å². The van der Waals surface area contributed by atoms with Gasteiger partial charge in [-0.3, -0.25) is 4.79 Å². The molecule has 110 valence electrons. The average Bonchev–Trinajstić information content (AvgIpc) is 2.39. The van der Waals surface area contributed by atoms with E-state index in [0.717, 1.165) is 10.5 Å². The van der Waals surface area contributed by atoms with Crippen LogP contribution in [0.5, 0.6) is 0 Å². The first kappa shape index (κ1) is 15.7. The number of alkyl halides is 3. The molecule has 0 unspecified atom stereocenters. The summed E-state index contributed by atoms with van der Waals surface area (Å²) in [4.78, 5) is 12.0. The number of hydrogen-bond donors (Lipinski definition) is 0. The molecule has 0 radical (unpaired) electrons. The first-order chi connectivity index (χ1) is 9.77. The average molecular weight is 361 g/mol. The largest absolute Gasteiger partial charge is 0.419 e. The van der Waals surface area contributed by atoms with E-state index in [-0.39, 0.29) is 12.0 Å². The van der Waals surface area contributed by atoms with Crippen molar-refractivity contribution in [3.8, 4) is 0 Å². The van der Waals surface area contributed by atoms with E-state index in [0.29, 0.717) is 17.7 Å². The Morgan fingerprint density at radius 2 is 1.67 bits per heavy atom. The number of hydrogen-bond acceptors (Lipinski definition) is 1. The molecule has 0 bridgehead atoms. The van der Waals surface area contributed by atoms with Crippen molar-refractivity contribution in [1.29, 1.82) is 0 Å². The van der Waals surface area contributed by atoms with Gasteiger partial charge in [0, 0.05) is 16.5 Å². The molecular weight excluding hydrogens is 352 g/mol. The summed E-state index contributed by atoms with van der Waals surface area (Å²) in [6.45, 7) is 0. The molecular formula is C15H9BrF4O. The van der Waals surface area contributed by atoms with Gasteiger partial charge < -0.3 is 0 Å². The van der Waals surface area contributed by atoms with Crippen molar-refractivity contribution in [3.63, 3.8) is 0 Å². The smallest absolute Gasteiger partial charge is 0.294 e. The van der Waals surface area contributed by atoms with E-state index in [1.807, 2.05) is 0 Å². The molecule has 0 spiro atoms. The molecule has 1 nitrogen and oxygen atoms in total.